The summed E-state index contributed by atoms with van der Waals surface area (Å²) in [5, 5.41) is 1.03. The number of benzene rings is 1. The monoisotopic (exact) mass is 271 g/mol. The first-order chi connectivity index (χ1) is 9.78. The lowest BCUT2D eigenvalue weighted by molar-refractivity contribution is -0.145. The molecule has 1 atom stereocenters. The largest absolute Gasteiger partial charge is 0.469 e. The molecule has 1 aliphatic rings. The SMILES string of the molecule is COC(=O)C1CCCN(c2ncc3ccccc3n2)C1. The van der Waals surface area contributed by atoms with Crippen LogP contribution in [0.25, 0.3) is 10.9 Å². The molecule has 0 amide bonds. The molecule has 2 heterocycles. The van der Waals surface area contributed by atoms with Gasteiger partial charge in [-0.3, -0.25) is 4.79 Å². The van der Waals surface area contributed by atoms with Gasteiger partial charge >= 0.3 is 5.97 Å². The highest BCUT2D eigenvalue weighted by molar-refractivity contribution is 5.78. The molecule has 5 nitrogen and oxygen atoms in total. The first kappa shape index (κ1) is 12.8. The standard InChI is InChI=1S/C15H17N3O2/c1-20-14(19)12-6-4-8-18(10-12)15-16-9-11-5-2-3-7-13(11)17-15/h2-3,5,7,9,12H,4,6,8,10H2,1H3. The zero-order chi connectivity index (χ0) is 13.9. The van der Waals surface area contributed by atoms with Gasteiger partial charge in [0, 0.05) is 24.7 Å². The van der Waals surface area contributed by atoms with Crippen LogP contribution in [0, 0.1) is 5.92 Å². The number of aromatic nitrogens is 2. The van der Waals surface area contributed by atoms with E-state index in [-0.39, 0.29) is 11.9 Å². The van der Waals surface area contributed by atoms with Gasteiger partial charge in [0.1, 0.15) is 0 Å². The van der Waals surface area contributed by atoms with Crippen molar-refractivity contribution < 1.29 is 9.53 Å². The Morgan fingerprint density at radius 3 is 3.10 bits per heavy atom. The zero-order valence-electron chi connectivity index (χ0n) is 11.5. The van der Waals surface area contributed by atoms with E-state index in [1.54, 1.807) is 0 Å². The van der Waals surface area contributed by atoms with Gasteiger partial charge in [0.05, 0.1) is 18.5 Å². The number of rotatable bonds is 2. The van der Waals surface area contributed by atoms with Crippen LogP contribution in [0.2, 0.25) is 0 Å². The highest BCUT2D eigenvalue weighted by Crippen LogP contribution is 2.22. The van der Waals surface area contributed by atoms with Crippen molar-refractivity contribution in [1.82, 2.24) is 9.97 Å². The second kappa shape index (κ2) is 5.45. The summed E-state index contributed by atoms with van der Waals surface area (Å²) in [6.07, 6.45) is 3.66. The van der Waals surface area contributed by atoms with Crippen molar-refractivity contribution in [2.24, 2.45) is 5.92 Å². The van der Waals surface area contributed by atoms with Crippen LogP contribution in [-0.2, 0) is 9.53 Å². The lowest BCUT2D eigenvalue weighted by atomic mass is 9.98. The molecule has 2 aromatic rings. The molecule has 1 saturated heterocycles. The fourth-order valence-corrected chi connectivity index (χ4v) is 2.63. The van der Waals surface area contributed by atoms with Gasteiger partial charge in [-0.15, -0.1) is 0 Å². The summed E-state index contributed by atoms with van der Waals surface area (Å²) >= 11 is 0. The van der Waals surface area contributed by atoms with Crippen molar-refractivity contribution in [3.8, 4) is 0 Å². The number of esters is 1. The summed E-state index contributed by atoms with van der Waals surface area (Å²) in [6, 6.07) is 7.90. The third-order valence-corrected chi connectivity index (χ3v) is 3.72. The quantitative estimate of drug-likeness (QED) is 0.782. The van der Waals surface area contributed by atoms with E-state index in [4.69, 9.17) is 4.74 Å². The molecule has 5 heteroatoms. The summed E-state index contributed by atoms with van der Waals surface area (Å²) in [5.41, 5.74) is 0.928. The minimum absolute atomic E-state index is 0.0798. The van der Waals surface area contributed by atoms with Gasteiger partial charge in [-0.1, -0.05) is 18.2 Å². The molecular weight excluding hydrogens is 254 g/mol. The number of hydrogen-bond acceptors (Lipinski definition) is 5. The number of fused-ring (bicyclic) bond motifs is 1. The van der Waals surface area contributed by atoms with E-state index >= 15 is 0 Å². The number of methoxy groups -OCH3 is 1. The van der Waals surface area contributed by atoms with E-state index in [1.807, 2.05) is 30.5 Å². The average molecular weight is 271 g/mol. The van der Waals surface area contributed by atoms with E-state index in [2.05, 4.69) is 14.9 Å². The Balaban J connectivity index is 1.84. The molecule has 20 heavy (non-hydrogen) atoms. The van der Waals surface area contributed by atoms with E-state index < -0.39 is 0 Å². The third-order valence-electron chi connectivity index (χ3n) is 3.72. The lowest BCUT2D eigenvalue weighted by Gasteiger charge is -2.31. The number of hydrogen-bond donors (Lipinski definition) is 0. The van der Waals surface area contributed by atoms with Crippen molar-refractivity contribution in [3.05, 3.63) is 30.5 Å². The fraction of sp³-hybridized carbons (Fsp3) is 0.400. The molecule has 0 aliphatic carbocycles. The van der Waals surface area contributed by atoms with E-state index in [0.717, 1.165) is 30.3 Å². The number of anilines is 1. The van der Waals surface area contributed by atoms with Gasteiger partial charge in [0.15, 0.2) is 0 Å². The molecule has 104 valence electrons. The van der Waals surface area contributed by atoms with Crippen molar-refractivity contribution in [1.29, 1.82) is 0 Å². The smallest absolute Gasteiger partial charge is 0.310 e. The Morgan fingerprint density at radius 2 is 2.25 bits per heavy atom. The summed E-state index contributed by atoms with van der Waals surface area (Å²) in [6.45, 7) is 1.51. The molecule has 1 aliphatic heterocycles. The number of carbonyl (C=O) groups excluding carboxylic acids is 1. The third kappa shape index (κ3) is 2.43. The van der Waals surface area contributed by atoms with Gasteiger partial charge < -0.3 is 9.64 Å². The van der Waals surface area contributed by atoms with Crippen molar-refractivity contribution in [3.63, 3.8) is 0 Å². The maximum absolute atomic E-state index is 11.7. The van der Waals surface area contributed by atoms with Crippen LogP contribution in [-0.4, -0.2) is 36.1 Å². The van der Waals surface area contributed by atoms with Gasteiger partial charge in [0.2, 0.25) is 5.95 Å². The molecule has 0 bridgehead atoms. The summed E-state index contributed by atoms with van der Waals surface area (Å²) in [4.78, 5) is 22.7. The predicted octanol–water partition coefficient (Wildman–Crippen LogP) is 2.02. The highest BCUT2D eigenvalue weighted by Gasteiger charge is 2.27. The second-order valence-corrected chi connectivity index (χ2v) is 5.04. The van der Waals surface area contributed by atoms with Crippen LogP contribution in [0.3, 0.4) is 0 Å². The number of ether oxygens (including phenoxy) is 1. The van der Waals surface area contributed by atoms with Crippen LogP contribution in [0.5, 0.6) is 0 Å². The lowest BCUT2D eigenvalue weighted by Crippen LogP contribution is -2.40. The molecule has 1 aromatic heterocycles. The molecule has 0 radical (unpaired) electrons. The number of para-hydroxylation sites is 1. The predicted molar refractivity (Wildman–Crippen MR) is 76.5 cm³/mol. The van der Waals surface area contributed by atoms with Crippen LogP contribution in [0.1, 0.15) is 12.8 Å². The Hall–Kier alpha value is -2.17. The van der Waals surface area contributed by atoms with Crippen molar-refractivity contribution in [2.75, 3.05) is 25.1 Å². The molecule has 1 fully saturated rings. The second-order valence-electron chi connectivity index (χ2n) is 5.04. The number of piperidine rings is 1. The zero-order valence-corrected chi connectivity index (χ0v) is 11.5. The van der Waals surface area contributed by atoms with Crippen molar-refractivity contribution >= 4 is 22.8 Å². The Labute approximate surface area is 117 Å². The Kier molecular flexibility index (Phi) is 3.50. The Morgan fingerprint density at radius 1 is 1.40 bits per heavy atom. The van der Waals surface area contributed by atoms with Gasteiger partial charge in [-0.05, 0) is 18.9 Å². The number of nitrogens with zero attached hydrogens (tertiary/aromatic N) is 3. The maximum Gasteiger partial charge on any atom is 0.310 e. The van der Waals surface area contributed by atoms with Crippen LogP contribution < -0.4 is 4.90 Å². The molecule has 3 rings (SSSR count). The van der Waals surface area contributed by atoms with E-state index in [0.29, 0.717) is 12.5 Å². The first-order valence-corrected chi connectivity index (χ1v) is 6.82. The highest BCUT2D eigenvalue weighted by atomic mass is 16.5. The summed E-state index contributed by atoms with van der Waals surface area (Å²) in [7, 11) is 1.44. The molecule has 0 N–H and O–H groups in total. The summed E-state index contributed by atoms with van der Waals surface area (Å²) in [5.74, 6) is 0.469. The topological polar surface area (TPSA) is 55.3 Å². The van der Waals surface area contributed by atoms with Crippen LogP contribution in [0.15, 0.2) is 30.5 Å². The molecule has 1 aromatic carbocycles. The average Bonchev–Trinajstić information content (AvgIpc) is 2.53. The van der Waals surface area contributed by atoms with Gasteiger partial charge in [-0.25, -0.2) is 9.97 Å². The summed E-state index contributed by atoms with van der Waals surface area (Å²) < 4.78 is 4.84. The molecule has 0 spiro atoms. The van der Waals surface area contributed by atoms with E-state index in [9.17, 15) is 4.79 Å². The van der Waals surface area contributed by atoms with Gasteiger partial charge in [-0.2, -0.15) is 0 Å². The maximum atomic E-state index is 11.7. The normalized spacial score (nSPS) is 19.1. The minimum Gasteiger partial charge on any atom is -0.469 e. The fourth-order valence-electron chi connectivity index (χ4n) is 2.63. The number of carbonyl (C=O) groups is 1. The van der Waals surface area contributed by atoms with Gasteiger partial charge in [0.25, 0.3) is 0 Å². The Bertz CT molecular complexity index is 629. The molecular formula is C15H17N3O2. The molecule has 1 unspecified atom stereocenters. The molecule has 0 saturated carbocycles. The van der Waals surface area contributed by atoms with Crippen molar-refractivity contribution in [2.45, 2.75) is 12.8 Å². The van der Waals surface area contributed by atoms with Crippen LogP contribution in [0.4, 0.5) is 5.95 Å². The minimum atomic E-state index is -0.143. The first-order valence-electron chi connectivity index (χ1n) is 6.82. The van der Waals surface area contributed by atoms with Crippen LogP contribution >= 0.6 is 0 Å². The van der Waals surface area contributed by atoms with E-state index in [1.165, 1.54) is 7.11 Å².